The van der Waals surface area contributed by atoms with E-state index >= 15 is 0 Å². The van der Waals surface area contributed by atoms with Crippen molar-refractivity contribution in [2.24, 2.45) is 16.2 Å². The molecule has 0 spiro atoms. The number of nitrogens with two attached hydrogens (primary N) is 1. The fraction of sp³-hybridized carbons (Fsp3) is 0.556. The zero-order chi connectivity index (χ0) is 15.9. The molecular weight excluding hydrogens is 321 g/mol. The topological polar surface area (TPSA) is 134 Å². The average molecular weight is 337 g/mol. The zero-order valence-corrected chi connectivity index (χ0v) is 13.2. The predicted octanol–water partition coefficient (Wildman–Crippen LogP) is 0.616. The summed E-state index contributed by atoms with van der Waals surface area (Å²) in [4.78, 5) is 24.7. The molecule has 1 aromatic rings. The first kappa shape index (κ1) is 17.8. The number of ether oxygens (including phenoxy) is 1. The van der Waals surface area contributed by atoms with Crippen LogP contribution in [-0.2, 0) is 25.6 Å². The molecule has 1 aromatic heterocycles. The van der Waals surface area contributed by atoms with Crippen LogP contribution in [0.25, 0.3) is 0 Å². The Hall–Kier alpha value is -1.23. The van der Waals surface area contributed by atoms with Crippen molar-refractivity contribution < 1.29 is 18.7 Å². The zero-order valence-electron chi connectivity index (χ0n) is 11.4. The summed E-state index contributed by atoms with van der Waals surface area (Å²) in [5.74, 6) is 4.98. The molecule has 3 N–H and O–H groups in total. The van der Waals surface area contributed by atoms with Gasteiger partial charge in [-0.2, -0.15) is 4.98 Å². The second-order valence-corrected chi connectivity index (χ2v) is 6.59. The van der Waals surface area contributed by atoms with Crippen LogP contribution in [0.4, 0.5) is 5.82 Å². The number of rotatable bonds is 8. The standard InChI is InChI=1S/C9H16N5O5PS/c1-7(18-5-6-19-20(16,21)17-2)14-4-3-8(12-13-10)11-9(14)15/h3-4,7H,5-6H2,1-2H3,(H,16,21)(H2,10,11,12,15)/t7-,20?/m1/s1. The van der Waals surface area contributed by atoms with Gasteiger partial charge >= 0.3 is 12.4 Å². The largest absolute Gasteiger partial charge is 0.356 e. The van der Waals surface area contributed by atoms with Crippen molar-refractivity contribution in [1.29, 1.82) is 0 Å². The van der Waals surface area contributed by atoms with Gasteiger partial charge in [0.05, 0.1) is 13.2 Å². The molecule has 1 rings (SSSR count). The molecule has 1 heterocycles. The Kier molecular flexibility index (Phi) is 7.02. The normalized spacial score (nSPS) is 16.0. The molecule has 1 unspecified atom stereocenters. The van der Waals surface area contributed by atoms with Gasteiger partial charge in [0, 0.05) is 19.4 Å². The van der Waals surface area contributed by atoms with Gasteiger partial charge in [-0.1, -0.05) is 5.22 Å². The first-order valence-electron chi connectivity index (χ1n) is 5.74. The summed E-state index contributed by atoms with van der Waals surface area (Å²) >= 11 is 4.65. The molecule has 0 aliphatic carbocycles. The lowest BCUT2D eigenvalue weighted by Gasteiger charge is -2.17. The smallest absolute Gasteiger partial charge is 0.351 e. The summed E-state index contributed by atoms with van der Waals surface area (Å²) in [5.41, 5.74) is -0.558. The fourth-order valence-electron chi connectivity index (χ4n) is 1.30. The van der Waals surface area contributed by atoms with E-state index in [1.165, 1.54) is 23.9 Å². The maximum absolute atomic E-state index is 11.7. The van der Waals surface area contributed by atoms with Crippen LogP contribution < -0.4 is 11.5 Å². The Morgan fingerprint density at radius 3 is 2.90 bits per heavy atom. The van der Waals surface area contributed by atoms with E-state index in [0.29, 0.717) is 0 Å². The van der Waals surface area contributed by atoms with E-state index in [1.807, 2.05) is 0 Å². The van der Waals surface area contributed by atoms with Crippen LogP contribution in [0.5, 0.6) is 0 Å². The van der Waals surface area contributed by atoms with Crippen molar-refractivity contribution in [3.8, 4) is 0 Å². The molecule has 12 heteroatoms. The lowest BCUT2D eigenvalue weighted by atomic mass is 10.5. The third-order valence-corrected chi connectivity index (χ3v) is 4.03. The van der Waals surface area contributed by atoms with E-state index < -0.39 is 18.6 Å². The first-order chi connectivity index (χ1) is 9.89. The highest BCUT2D eigenvalue weighted by atomic mass is 32.5. The van der Waals surface area contributed by atoms with Gasteiger partial charge in [-0.3, -0.25) is 4.57 Å². The lowest BCUT2D eigenvalue weighted by molar-refractivity contribution is -0.00389. The van der Waals surface area contributed by atoms with E-state index in [9.17, 15) is 9.69 Å². The van der Waals surface area contributed by atoms with Gasteiger partial charge in [-0.25, -0.2) is 4.79 Å². The molecular formula is C9H16N5O5PS. The third kappa shape index (κ3) is 5.96. The Labute approximate surface area is 125 Å². The van der Waals surface area contributed by atoms with Gasteiger partial charge in [0.2, 0.25) is 0 Å². The summed E-state index contributed by atoms with van der Waals surface area (Å²) in [6, 6.07) is 1.46. The van der Waals surface area contributed by atoms with Gasteiger partial charge in [-0.05, 0) is 18.7 Å². The van der Waals surface area contributed by atoms with Crippen molar-refractivity contribution in [2.75, 3.05) is 20.3 Å². The van der Waals surface area contributed by atoms with Gasteiger partial charge in [0.25, 0.3) is 0 Å². The minimum Gasteiger partial charge on any atom is -0.356 e. The third-order valence-electron chi connectivity index (χ3n) is 2.29. The van der Waals surface area contributed by atoms with Crippen molar-refractivity contribution in [2.45, 2.75) is 13.2 Å². The molecule has 0 saturated heterocycles. The van der Waals surface area contributed by atoms with Crippen molar-refractivity contribution in [1.82, 2.24) is 9.55 Å². The summed E-state index contributed by atoms with van der Waals surface area (Å²) in [6.45, 7) is -1.39. The molecule has 0 aromatic carbocycles. The summed E-state index contributed by atoms with van der Waals surface area (Å²) < 4.78 is 16.2. The summed E-state index contributed by atoms with van der Waals surface area (Å²) in [6.07, 6.45) is 0.868. The SMILES string of the molecule is COP(O)(=S)OCCO[C@H](C)n1ccc(N=NN)nc1=O. The number of hydrogen-bond acceptors (Lipinski definition) is 8. The van der Waals surface area contributed by atoms with Crippen LogP contribution in [0, 0.1) is 0 Å². The van der Waals surface area contributed by atoms with E-state index in [0.717, 1.165) is 0 Å². The second-order valence-electron chi connectivity index (χ2n) is 3.65. The van der Waals surface area contributed by atoms with Crippen LogP contribution in [0.2, 0.25) is 0 Å². The van der Waals surface area contributed by atoms with Crippen molar-refractivity contribution in [3.05, 3.63) is 22.7 Å². The summed E-state index contributed by atoms with van der Waals surface area (Å²) in [5, 5.41) is 6.49. The molecule has 0 radical (unpaired) electrons. The minimum absolute atomic E-state index is 0.0353. The van der Waals surface area contributed by atoms with Crippen LogP contribution in [0.15, 0.2) is 27.4 Å². The monoisotopic (exact) mass is 337 g/mol. The molecule has 0 aliphatic rings. The Balaban J connectivity index is 2.54. The number of aromatic nitrogens is 2. The quantitative estimate of drug-likeness (QED) is 0.232. The Morgan fingerprint density at radius 2 is 2.33 bits per heavy atom. The molecule has 0 saturated carbocycles. The van der Waals surface area contributed by atoms with E-state index in [4.69, 9.17) is 15.1 Å². The highest BCUT2D eigenvalue weighted by Crippen LogP contribution is 2.42. The predicted molar refractivity (Wildman–Crippen MR) is 77.3 cm³/mol. The van der Waals surface area contributed by atoms with Crippen LogP contribution >= 0.6 is 6.72 Å². The molecule has 0 fully saturated rings. The molecule has 10 nitrogen and oxygen atoms in total. The highest BCUT2D eigenvalue weighted by Gasteiger charge is 2.13. The number of hydrogen-bond donors (Lipinski definition) is 2. The maximum atomic E-state index is 11.7. The Morgan fingerprint density at radius 1 is 1.62 bits per heavy atom. The lowest BCUT2D eigenvalue weighted by Crippen LogP contribution is -2.27. The van der Waals surface area contributed by atoms with Crippen LogP contribution in [-0.4, -0.2) is 34.8 Å². The average Bonchev–Trinajstić information content (AvgIpc) is 2.44. The fourth-order valence-corrected chi connectivity index (χ4v) is 1.93. The second kappa shape index (κ2) is 8.27. The van der Waals surface area contributed by atoms with Crippen molar-refractivity contribution in [3.63, 3.8) is 0 Å². The van der Waals surface area contributed by atoms with E-state index in [-0.39, 0.29) is 19.0 Å². The highest BCUT2D eigenvalue weighted by molar-refractivity contribution is 8.07. The van der Waals surface area contributed by atoms with Crippen molar-refractivity contribution >= 4 is 24.3 Å². The molecule has 0 amide bonds. The molecule has 0 aliphatic heterocycles. The van der Waals surface area contributed by atoms with Crippen LogP contribution in [0.3, 0.4) is 0 Å². The molecule has 118 valence electrons. The summed E-state index contributed by atoms with van der Waals surface area (Å²) in [7, 11) is 1.26. The Bertz CT molecular complexity index is 594. The van der Waals surface area contributed by atoms with Gasteiger partial charge in [0.1, 0.15) is 6.23 Å². The van der Waals surface area contributed by atoms with Crippen LogP contribution in [0.1, 0.15) is 13.2 Å². The molecule has 0 bridgehead atoms. The molecule has 21 heavy (non-hydrogen) atoms. The minimum atomic E-state index is -3.19. The van der Waals surface area contributed by atoms with E-state index in [2.05, 4.69) is 31.7 Å². The molecule has 2 atom stereocenters. The maximum Gasteiger partial charge on any atom is 0.351 e. The number of nitrogens with zero attached hydrogens (tertiary/aromatic N) is 4. The first-order valence-corrected chi connectivity index (χ1v) is 8.33. The van der Waals surface area contributed by atoms with E-state index in [1.54, 1.807) is 6.92 Å². The van der Waals surface area contributed by atoms with Gasteiger partial charge in [-0.15, -0.1) is 5.11 Å². The van der Waals surface area contributed by atoms with Gasteiger partial charge < -0.3 is 24.5 Å². The van der Waals surface area contributed by atoms with Gasteiger partial charge in [0.15, 0.2) is 5.82 Å².